The fraction of sp³-hybridized carbons (Fsp3) is 0.591. The van der Waals surface area contributed by atoms with Crippen molar-refractivity contribution in [1.29, 1.82) is 0 Å². The zero-order valence-electron chi connectivity index (χ0n) is 18.2. The molecule has 9 nitrogen and oxygen atoms in total. The molecule has 0 unspecified atom stereocenters. The molecular formula is C22H28N4O5S. The lowest BCUT2D eigenvalue weighted by Gasteiger charge is -2.35. The second-order valence-corrected chi connectivity index (χ2v) is 10.7. The van der Waals surface area contributed by atoms with E-state index in [1.54, 1.807) is 19.1 Å². The smallest absolute Gasteiger partial charge is 0.243 e. The minimum Gasteiger partial charge on any atom is -0.378 e. The summed E-state index contributed by atoms with van der Waals surface area (Å²) in [4.78, 5) is 19.3. The lowest BCUT2D eigenvalue weighted by molar-refractivity contribution is -0.140. The summed E-state index contributed by atoms with van der Waals surface area (Å²) >= 11 is 0. The predicted molar refractivity (Wildman–Crippen MR) is 115 cm³/mol. The first-order valence-corrected chi connectivity index (χ1v) is 12.7. The standard InChI is InChI=1S/C22H28N4O5S/c1-15-2-3-18(20-23-21(31-24-20)16-4-5-16)14-19(15)32(28,29)26-8-6-17(7-9-26)22(27)25-10-12-30-13-11-25/h2-3,14,16-17H,4-13H2,1H3. The number of aryl methyl sites for hydroxylation is 1. The van der Waals surface area contributed by atoms with Crippen molar-refractivity contribution in [2.24, 2.45) is 5.92 Å². The molecule has 1 aromatic heterocycles. The number of ether oxygens (including phenoxy) is 1. The average Bonchev–Trinajstić information content (AvgIpc) is 3.56. The van der Waals surface area contributed by atoms with E-state index in [1.165, 1.54) is 4.31 Å². The molecule has 2 saturated heterocycles. The molecule has 5 rings (SSSR count). The summed E-state index contributed by atoms with van der Waals surface area (Å²) in [6, 6.07) is 5.24. The van der Waals surface area contributed by atoms with Gasteiger partial charge in [-0.3, -0.25) is 4.79 Å². The van der Waals surface area contributed by atoms with Crippen molar-refractivity contribution in [3.05, 3.63) is 29.7 Å². The summed E-state index contributed by atoms with van der Waals surface area (Å²) < 4.78 is 39.0. The number of carbonyl (C=O) groups is 1. The highest BCUT2D eigenvalue weighted by Gasteiger charge is 2.35. The van der Waals surface area contributed by atoms with Gasteiger partial charge in [-0.05, 0) is 44.2 Å². The highest BCUT2D eigenvalue weighted by atomic mass is 32.2. The quantitative estimate of drug-likeness (QED) is 0.673. The Morgan fingerprint density at radius 3 is 2.47 bits per heavy atom. The minimum absolute atomic E-state index is 0.118. The average molecular weight is 461 g/mol. The van der Waals surface area contributed by atoms with Crippen LogP contribution in [0.25, 0.3) is 11.4 Å². The zero-order valence-corrected chi connectivity index (χ0v) is 19.0. The number of aromatic nitrogens is 2. The molecule has 3 aliphatic rings. The van der Waals surface area contributed by atoms with Gasteiger partial charge in [0.2, 0.25) is 27.6 Å². The van der Waals surface area contributed by atoms with Gasteiger partial charge < -0.3 is 14.2 Å². The van der Waals surface area contributed by atoms with Crippen LogP contribution in [0.2, 0.25) is 0 Å². The first-order valence-electron chi connectivity index (χ1n) is 11.2. The third-order valence-corrected chi connectivity index (χ3v) is 8.60. The van der Waals surface area contributed by atoms with Gasteiger partial charge in [-0.1, -0.05) is 17.3 Å². The largest absolute Gasteiger partial charge is 0.378 e. The van der Waals surface area contributed by atoms with Crippen molar-refractivity contribution in [3.8, 4) is 11.4 Å². The maximum absolute atomic E-state index is 13.4. The van der Waals surface area contributed by atoms with Crippen LogP contribution >= 0.6 is 0 Å². The SMILES string of the molecule is Cc1ccc(-c2noc(C3CC3)n2)cc1S(=O)(=O)N1CCC(C(=O)N2CCOCC2)CC1. The monoisotopic (exact) mass is 460 g/mol. The second kappa shape index (κ2) is 8.57. The van der Waals surface area contributed by atoms with E-state index in [1.807, 2.05) is 11.0 Å². The molecule has 2 aliphatic heterocycles. The molecule has 0 atom stereocenters. The molecule has 1 saturated carbocycles. The van der Waals surface area contributed by atoms with E-state index >= 15 is 0 Å². The Kier molecular flexibility index (Phi) is 5.77. The Labute approximate surface area is 187 Å². The molecule has 10 heteroatoms. The van der Waals surface area contributed by atoms with Gasteiger partial charge in [0.25, 0.3) is 0 Å². The number of hydrogen-bond donors (Lipinski definition) is 0. The Morgan fingerprint density at radius 1 is 1.06 bits per heavy atom. The van der Waals surface area contributed by atoms with Crippen molar-refractivity contribution < 1.29 is 22.5 Å². The Hall–Kier alpha value is -2.30. The van der Waals surface area contributed by atoms with E-state index in [4.69, 9.17) is 9.26 Å². The lowest BCUT2D eigenvalue weighted by atomic mass is 9.96. The summed E-state index contributed by atoms with van der Waals surface area (Å²) in [5.41, 5.74) is 1.30. The summed E-state index contributed by atoms with van der Waals surface area (Å²) in [5.74, 6) is 1.36. The Bertz CT molecular complexity index is 1100. The molecule has 32 heavy (non-hydrogen) atoms. The third kappa shape index (κ3) is 4.18. The second-order valence-electron chi connectivity index (χ2n) is 8.83. The van der Waals surface area contributed by atoms with Crippen LogP contribution in [0.15, 0.2) is 27.6 Å². The van der Waals surface area contributed by atoms with Crippen LogP contribution in [-0.2, 0) is 19.6 Å². The van der Waals surface area contributed by atoms with E-state index in [0.29, 0.717) is 81.0 Å². The molecule has 3 fully saturated rings. The van der Waals surface area contributed by atoms with Gasteiger partial charge in [0.05, 0.1) is 18.1 Å². The molecule has 172 valence electrons. The highest BCUT2D eigenvalue weighted by Crippen LogP contribution is 2.39. The number of rotatable bonds is 5. The number of morpholine rings is 1. The highest BCUT2D eigenvalue weighted by molar-refractivity contribution is 7.89. The van der Waals surface area contributed by atoms with Gasteiger partial charge in [-0.2, -0.15) is 9.29 Å². The van der Waals surface area contributed by atoms with E-state index in [2.05, 4.69) is 10.1 Å². The van der Waals surface area contributed by atoms with Gasteiger partial charge >= 0.3 is 0 Å². The number of carbonyl (C=O) groups excluding carboxylic acids is 1. The molecular weight excluding hydrogens is 432 g/mol. The summed E-state index contributed by atoms with van der Waals surface area (Å²) in [5, 5.41) is 4.04. The van der Waals surface area contributed by atoms with Crippen LogP contribution in [-0.4, -0.2) is 73.1 Å². The summed E-state index contributed by atoms with van der Waals surface area (Å²) in [6.45, 7) is 4.82. The van der Waals surface area contributed by atoms with Crippen LogP contribution in [0, 0.1) is 12.8 Å². The van der Waals surface area contributed by atoms with Gasteiger partial charge in [0.15, 0.2) is 0 Å². The Morgan fingerprint density at radius 2 is 1.78 bits per heavy atom. The van der Waals surface area contributed by atoms with E-state index in [9.17, 15) is 13.2 Å². The number of nitrogens with zero attached hydrogens (tertiary/aromatic N) is 4. The van der Waals surface area contributed by atoms with Gasteiger partial charge in [-0.15, -0.1) is 0 Å². The van der Waals surface area contributed by atoms with Gasteiger partial charge in [0, 0.05) is 43.6 Å². The van der Waals surface area contributed by atoms with Crippen molar-refractivity contribution in [1.82, 2.24) is 19.3 Å². The molecule has 3 heterocycles. The molecule has 1 aromatic carbocycles. The van der Waals surface area contributed by atoms with Crippen LogP contribution in [0.1, 0.15) is 43.1 Å². The van der Waals surface area contributed by atoms with Crippen LogP contribution in [0.3, 0.4) is 0 Å². The van der Waals surface area contributed by atoms with Gasteiger partial charge in [-0.25, -0.2) is 8.42 Å². The molecule has 0 bridgehead atoms. The molecule has 0 radical (unpaired) electrons. The number of amides is 1. The van der Waals surface area contributed by atoms with Crippen molar-refractivity contribution >= 4 is 15.9 Å². The summed E-state index contributed by atoms with van der Waals surface area (Å²) in [7, 11) is -3.69. The minimum atomic E-state index is -3.69. The van der Waals surface area contributed by atoms with Crippen molar-refractivity contribution in [2.75, 3.05) is 39.4 Å². The number of sulfonamides is 1. The fourth-order valence-corrected chi connectivity index (χ4v) is 6.11. The van der Waals surface area contributed by atoms with Crippen LogP contribution in [0.5, 0.6) is 0 Å². The molecule has 0 N–H and O–H groups in total. The summed E-state index contributed by atoms with van der Waals surface area (Å²) in [6.07, 6.45) is 3.17. The first-order chi connectivity index (χ1) is 15.4. The number of piperidine rings is 1. The topological polar surface area (TPSA) is 106 Å². The normalized spacial score (nSPS) is 21.1. The molecule has 1 aliphatic carbocycles. The maximum Gasteiger partial charge on any atom is 0.243 e. The van der Waals surface area contributed by atoms with Crippen molar-refractivity contribution in [2.45, 2.75) is 43.4 Å². The van der Waals surface area contributed by atoms with Crippen molar-refractivity contribution in [3.63, 3.8) is 0 Å². The molecule has 2 aromatic rings. The molecule has 0 spiro atoms. The number of benzene rings is 1. The maximum atomic E-state index is 13.4. The van der Waals surface area contributed by atoms with E-state index < -0.39 is 10.0 Å². The van der Waals surface area contributed by atoms with Crippen LogP contribution in [0.4, 0.5) is 0 Å². The fourth-order valence-electron chi connectivity index (χ4n) is 4.39. The van der Waals surface area contributed by atoms with Gasteiger partial charge in [0.1, 0.15) is 0 Å². The number of hydrogen-bond acceptors (Lipinski definition) is 7. The Balaban J connectivity index is 1.30. The molecule has 1 amide bonds. The predicted octanol–water partition coefficient (Wildman–Crippen LogP) is 2.18. The first kappa shape index (κ1) is 21.5. The van der Waals surface area contributed by atoms with E-state index in [0.717, 1.165) is 12.8 Å². The van der Waals surface area contributed by atoms with E-state index in [-0.39, 0.29) is 16.7 Å². The zero-order chi connectivity index (χ0) is 22.3. The third-order valence-electron chi connectivity index (χ3n) is 6.56. The van der Waals surface area contributed by atoms with Crippen LogP contribution < -0.4 is 0 Å². The lowest BCUT2D eigenvalue weighted by Crippen LogP contribution is -2.47.